The van der Waals surface area contributed by atoms with Crippen molar-refractivity contribution in [3.63, 3.8) is 0 Å². The lowest BCUT2D eigenvalue weighted by molar-refractivity contribution is 0.283. The molecule has 4 aromatic carbocycles. The van der Waals surface area contributed by atoms with E-state index in [1.807, 2.05) is 54.6 Å². The molecule has 0 aliphatic heterocycles. The summed E-state index contributed by atoms with van der Waals surface area (Å²) in [5, 5.41) is 6.71. The largest absolute Gasteiger partial charge is 0.496 e. The summed E-state index contributed by atoms with van der Waals surface area (Å²) in [4.78, 5) is 0. The Labute approximate surface area is 202 Å². The second-order valence-corrected chi connectivity index (χ2v) is 8.22. The van der Waals surface area contributed by atoms with Gasteiger partial charge in [-0.2, -0.15) is 5.10 Å². The fraction of sp³-hybridized carbons (Fsp3) is 0.148. The van der Waals surface area contributed by atoms with Crippen molar-refractivity contribution in [2.24, 2.45) is 5.10 Å². The molecular weight excluding hydrogens is 480 g/mol. The van der Waals surface area contributed by atoms with Crippen molar-refractivity contribution in [1.82, 2.24) is 5.43 Å². The van der Waals surface area contributed by atoms with Gasteiger partial charge in [-0.1, -0.05) is 60.7 Å². The zero-order valence-corrected chi connectivity index (χ0v) is 20.1. The lowest BCUT2D eigenvalue weighted by atomic mass is 10.1. The van der Waals surface area contributed by atoms with Gasteiger partial charge >= 0.3 is 0 Å². The van der Waals surface area contributed by atoms with Crippen LogP contribution >= 0.6 is 15.9 Å². The van der Waals surface area contributed by atoms with Gasteiger partial charge in [-0.25, -0.2) is 0 Å². The van der Waals surface area contributed by atoms with Crippen molar-refractivity contribution in [2.75, 3.05) is 14.2 Å². The Kier molecular flexibility index (Phi) is 7.47. The molecule has 0 bridgehead atoms. The van der Waals surface area contributed by atoms with Gasteiger partial charge in [0.05, 0.1) is 31.5 Å². The summed E-state index contributed by atoms with van der Waals surface area (Å²) >= 11 is 3.62. The average molecular weight is 505 g/mol. The standard InChI is InChI=1S/C27H25BrN2O3/c1-31-25-13-6-4-9-21(25)17-30-29-16-19-14-24(28)27(26(15-19)32-2)33-18-22-11-7-10-20-8-3-5-12-23(20)22/h3-16,30H,17-18H2,1-2H3/b29-16-. The molecule has 4 rings (SSSR count). The quantitative estimate of drug-likeness (QED) is 0.214. The van der Waals surface area contributed by atoms with Gasteiger partial charge in [0.2, 0.25) is 0 Å². The van der Waals surface area contributed by atoms with E-state index in [4.69, 9.17) is 14.2 Å². The van der Waals surface area contributed by atoms with E-state index >= 15 is 0 Å². The summed E-state index contributed by atoms with van der Waals surface area (Å²) in [6.07, 6.45) is 1.75. The molecule has 0 saturated heterocycles. The molecule has 0 aromatic heterocycles. The number of benzene rings is 4. The molecule has 4 aromatic rings. The fourth-order valence-electron chi connectivity index (χ4n) is 3.62. The predicted octanol–water partition coefficient (Wildman–Crippen LogP) is 6.32. The summed E-state index contributed by atoms with van der Waals surface area (Å²) in [6, 6.07) is 26.2. The number of hydrogen-bond acceptors (Lipinski definition) is 5. The summed E-state index contributed by atoms with van der Waals surface area (Å²) in [6.45, 7) is 0.995. The number of para-hydroxylation sites is 1. The highest BCUT2D eigenvalue weighted by molar-refractivity contribution is 9.10. The van der Waals surface area contributed by atoms with E-state index in [0.29, 0.717) is 24.7 Å². The summed E-state index contributed by atoms with van der Waals surface area (Å²) in [5.74, 6) is 2.12. The summed E-state index contributed by atoms with van der Waals surface area (Å²) < 4.78 is 17.9. The number of hydrazone groups is 1. The van der Waals surface area contributed by atoms with E-state index < -0.39 is 0 Å². The van der Waals surface area contributed by atoms with Crippen molar-refractivity contribution in [3.8, 4) is 17.2 Å². The molecule has 33 heavy (non-hydrogen) atoms. The van der Waals surface area contributed by atoms with Crippen LogP contribution < -0.4 is 19.6 Å². The van der Waals surface area contributed by atoms with Gasteiger partial charge in [0.1, 0.15) is 12.4 Å². The molecule has 0 unspecified atom stereocenters. The highest BCUT2D eigenvalue weighted by Gasteiger charge is 2.12. The van der Waals surface area contributed by atoms with Gasteiger partial charge in [0.15, 0.2) is 11.5 Å². The van der Waals surface area contributed by atoms with E-state index in [-0.39, 0.29) is 0 Å². The van der Waals surface area contributed by atoms with Crippen LogP contribution in [0.15, 0.2) is 88.4 Å². The van der Waals surface area contributed by atoms with Crippen LogP contribution in [0.2, 0.25) is 0 Å². The molecule has 5 nitrogen and oxygen atoms in total. The van der Waals surface area contributed by atoms with E-state index in [1.165, 1.54) is 10.8 Å². The molecule has 6 heteroatoms. The van der Waals surface area contributed by atoms with Crippen LogP contribution in [0, 0.1) is 0 Å². The molecule has 168 valence electrons. The third-order valence-electron chi connectivity index (χ3n) is 5.27. The van der Waals surface area contributed by atoms with Gasteiger partial charge in [-0.15, -0.1) is 0 Å². The van der Waals surface area contributed by atoms with Crippen LogP contribution in [0.3, 0.4) is 0 Å². The molecule has 0 aliphatic rings. The van der Waals surface area contributed by atoms with Gasteiger partial charge in [-0.05, 0) is 56.0 Å². The minimum Gasteiger partial charge on any atom is -0.496 e. The van der Waals surface area contributed by atoms with Crippen molar-refractivity contribution in [3.05, 3.63) is 100 Å². The maximum Gasteiger partial charge on any atom is 0.175 e. The highest BCUT2D eigenvalue weighted by Crippen LogP contribution is 2.37. The Balaban J connectivity index is 1.45. The first-order chi connectivity index (χ1) is 16.2. The smallest absolute Gasteiger partial charge is 0.175 e. The number of nitrogens with one attached hydrogen (secondary N) is 1. The molecule has 0 heterocycles. The summed E-state index contributed by atoms with van der Waals surface area (Å²) in [5.41, 5.74) is 6.09. The molecule has 0 radical (unpaired) electrons. The van der Waals surface area contributed by atoms with Crippen molar-refractivity contribution in [2.45, 2.75) is 13.2 Å². The maximum atomic E-state index is 6.17. The van der Waals surface area contributed by atoms with E-state index in [0.717, 1.165) is 26.9 Å². The number of fused-ring (bicyclic) bond motifs is 1. The number of halogens is 1. The zero-order valence-electron chi connectivity index (χ0n) is 18.5. The average Bonchev–Trinajstić information content (AvgIpc) is 2.86. The topological polar surface area (TPSA) is 52.1 Å². The fourth-order valence-corrected chi connectivity index (χ4v) is 4.20. The van der Waals surface area contributed by atoms with E-state index in [1.54, 1.807) is 20.4 Å². The minimum atomic E-state index is 0.435. The minimum absolute atomic E-state index is 0.435. The number of hydrogen-bond donors (Lipinski definition) is 1. The Morgan fingerprint density at radius 1 is 0.848 bits per heavy atom. The van der Waals surface area contributed by atoms with Crippen molar-refractivity contribution in [1.29, 1.82) is 0 Å². The SMILES string of the molecule is COc1ccccc1CN/N=C\c1cc(Br)c(OCc2cccc3ccccc23)c(OC)c1. The van der Waals surface area contributed by atoms with Gasteiger partial charge in [0, 0.05) is 5.56 Å². The van der Waals surface area contributed by atoms with Crippen LogP contribution in [-0.2, 0) is 13.2 Å². The lowest BCUT2D eigenvalue weighted by Gasteiger charge is -2.14. The predicted molar refractivity (Wildman–Crippen MR) is 136 cm³/mol. The first-order valence-corrected chi connectivity index (χ1v) is 11.3. The molecule has 1 N–H and O–H groups in total. The molecular formula is C27H25BrN2O3. The molecule has 0 aliphatic carbocycles. The second-order valence-electron chi connectivity index (χ2n) is 7.37. The normalized spacial score (nSPS) is 11.0. The number of rotatable bonds is 9. The number of nitrogens with zero attached hydrogens (tertiary/aromatic N) is 1. The molecule has 0 atom stereocenters. The van der Waals surface area contributed by atoms with Crippen LogP contribution in [0.1, 0.15) is 16.7 Å². The van der Waals surface area contributed by atoms with Crippen LogP contribution in [0.25, 0.3) is 10.8 Å². The molecule has 0 saturated carbocycles. The van der Waals surface area contributed by atoms with Crippen molar-refractivity contribution >= 4 is 32.9 Å². The summed E-state index contributed by atoms with van der Waals surface area (Å²) in [7, 11) is 3.29. The Morgan fingerprint density at radius 3 is 2.42 bits per heavy atom. The second kappa shape index (κ2) is 10.9. The lowest BCUT2D eigenvalue weighted by Crippen LogP contribution is -2.07. The van der Waals surface area contributed by atoms with Crippen LogP contribution in [0.5, 0.6) is 17.2 Å². The zero-order chi connectivity index (χ0) is 23.0. The van der Waals surface area contributed by atoms with E-state index in [9.17, 15) is 0 Å². The highest BCUT2D eigenvalue weighted by atomic mass is 79.9. The third-order valence-corrected chi connectivity index (χ3v) is 5.86. The van der Waals surface area contributed by atoms with Gasteiger partial charge < -0.3 is 19.6 Å². The molecule has 0 fully saturated rings. The van der Waals surface area contributed by atoms with Crippen LogP contribution in [-0.4, -0.2) is 20.4 Å². The molecule has 0 spiro atoms. The van der Waals surface area contributed by atoms with Crippen molar-refractivity contribution < 1.29 is 14.2 Å². The first kappa shape index (κ1) is 22.7. The number of methoxy groups -OCH3 is 2. The van der Waals surface area contributed by atoms with E-state index in [2.05, 4.69) is 50.7 Å². The Hall–Kier alpha value is -3.51. The molecule has 0 amide bonds. The monoisotopic (exact) mass is 504 g/mol. The first-order valence-electron chi connectivity index (χ1n) is 10.5. The van der Waals surface area contributed by atoms with Gasteiger partial charge in [0.25, 0.3) is 0 Å². The van der Waals surface area contributed by atoms with Gasteiger partial charge in [-0.3, -0.25) is 0 Å². The Bertz CT molecular complexity index is 1270. The Morgan fingerprint density at radius 2 is 1.58 bits per heavy atom. The van der Waals surface area contributed by atoms with Crippen LogP contribution in [0.4, 0.5) is 0 Å². The third kappa shape index (κ3) is 5.46. The number of ether oxygens (including phenoxy) is 3. The maximum absolute atomic E-state index is 6.17.